The topological polar surface area (TPSA) is 43.4 Å². The summed E-state index contributed by atoms with van der Waals surface area (Å²) < 4.78 is 4.99. The number of ether oxygens (including phenoxy) is 1. The Balaban J connectivity index is 3.04. The van der Waals surface area contributed by atoms with Gasteiger partial charge in [0.1, 0.15) is 5.92 Å². The van der Waals surface area contributed by atoms with Crippen LogP contribution in [-0.4, -0.2) is 18.4 Å². The van der Waals surface area contributed by atoms with Crippen LogP contribution in [-0.2, 0) is 9.53 Å². The summed E-state index contributed by atoms with van der Waals surface area (Å²) in [5.41, 5.74) is 1.49. The van der Waals surface area contributed by atoms with E-state index >= 15 is 0 Å². The fourth-order valence-electron chi connectivity index (χ4n) is 1.93. The molecular weight excluding hydrogens is 228 g/mol. The predicted octanol–water partition coefficient (Wildman–Crippen LogP) is 3.01. The second-order valence-corrected chi connectivity index (χ2v) is 4.65. The second kappa shape index (κ2) is 6.34. The van der Waals surface area contributed by atoms with Gasteiger partial charge in [0.2, 0.25) is 0 Å². The Morgan fingerprint density at radius 1 is 1.22 bits per heavy atom. The van der Waals surface area contributed by atoms with Crippen LogP contribution in [0, 0.1) is 18.8 Å². The fraction of sp³-hybridized carbons (Fsp3) is 0.467. The van der Waals surface area contributed by atoms with Crippen molar-refractivity contribution in [1.82, 2.24) is 0 Å². The Labute approximate surface area is 108 Å². The molecule has 0 saturated heterocycles. The molecule has 1 aromatic rings. The van der Waals surface area contributed by atoms with Gasteiger partial charge in [0, 0.05) is 5.56 Å². The minimum absolute atomic E-state index is 0.0730. The molecule has 98 valence electrons. The van der Waals surface area contributed by atoms with E-state index in [0.29, 0.717) is 12.2 Å². The van der Waals surface area contributed by atoms with Crippen LogP contribution in [0.3, 0.4) is 0 Å². The van der Waals surface area contributed by atoms with Gasteiger partial charge in [0.15, 0.2) is 5.78 Å². The summed E-state index contributed by atoms with van der Waals surface area (Å²) in [5.74, 6) is -1.37. The van der Waals surface area contributed by atoms with Crippen molar-refractivity contribution < 1.29 is 14.3 Å². The highest BCUT2D eigenvalue weighted by Crippen LogP contribution is 2.21. The Bertz CT molecular complexity index is 435. The second-order valence-electron chi connectivity index (χ2n) is 4.65. The molecule has 0 saturated carbocycles. The largest absolute Gasteiger partial charge is 0.465 e. The van der Waals surface area contributed by atoms with E-state index in [2.05, 4.69) is 0 Å². The highest BCUT2D eigenvalue weighted by molar-refractivity contribution is 6.09. The van der Waals surface area contributed by atoms with E-state index in [1.54, 1.807) is 13.0 Å². The molecule has 0 aliphatic heterocycles. The maximum absolute atomic E-state index is 12.4. The van der Waals surface area contributed by atoms with Gasteiger partial charge in [-0.2, -0.15) is 0 Å². The van der Waals surface area contributed by atoms with Crippen molar-refractivity contribution in [3.8, 4) is 0 Å². The molecule has 0 spiro atoms. The van der Waals surface area contributed by atoms with Crippen LogP contribution in [0.15, 0.2) is 24.3 Å². The third kappa shape index (κ3) is 3.19. The van der Waals surface area contributed by atoms with Crippen molar-refractivity contribution >= 4 is 11.8 Å². The Morgan fingerprint density at radius 3 is 2.33 bits per heavy atom. The van der Waals surface area contributed by atoms with E-state index in [9.17, 15) is 9.59 Å². The Morgan fingerprint density at radius 2 is 1.83 bits per heavy atom. The molecule has 3 nitrogen and oxygen atoms in total. The average Bonchev–Trinajstić information content (AvgIpc) is 2.29. The first-order valence-corrected chi connectivity index (χ1v) is 6.25. The quantitative estimate of drug-likeness (QED) is 0.457. The Kier molecular flexibility index (Phi) is 5.08. The van der Waals surface area contributed by atoms with Crippen LogP contribution in [0.5, 0.6) is 0 Å². The van der Waals surface area contributed by atoms with Gasteiger partial charge in [-0.25, -0.2) is 0 Å². The third-order valence-corrected chi connectivity index (χ3v) is 2.90. The number of Topliss-reactive ketones (excluding diaryl/α,β-unsaturated/α-hetero) is 1. The summed E-state index contributed by atoms with van der Waals surface area (Å²) in [6.07, 6.45) is 0. The van der Waals surface area contributed by atoms with Gasteiger partial charge in [0.05, 0.1) is 6.61 Å². The predicted molar refractivity (Wildman–Crippen MR) is 70.5 cm³/mol. The number of esters is 1. The van der Waals surface area contributed by atoms with Crippen LogP contribution >= 0.6 is 0 Å². The van der Waals surface area contributed by atoms with Crippen molar-refractivity contribution in [1.29, 1.82) is 0 Å². The van der Waals surface area contributed by atoms with Crippen molar-refractivity contribution in [3.63, 3.8) is 0 Å². The molecule has 18 heavy (non-hydrogen) atoms. The summed E-state index contributed by atoms with van der Waals surface area (Å²) in [4.78, 5) is 24.3. The molecule has 0 aromatic heterocycles. The zero-order valence-electron chi connectivity index (χ0n) is 11.4. The first-order chi connectivity index (χ1) is 8.49. The van der Waals surface area contributed by atoms with E-state index in [-0.39, 0.29) is 11.7 Å². The van der Waals surface area contributed by atoms with E-state index < -0.39 is 11.9 Å². The summed E-state index contributed by atoms with van der Waals surface area (Å²) in [6.45, 7) is 7.63. The monoisotopic (exact) mass is 248 g/mol. The molecule has 0 amide bonds. The number of ketones is 1. The summed E-state index contributed by atoms with van der Waals surface area (Å²) in [5, 5.41) is 0. The van der Waals surface area contributed by atoms with Crippen LogP contribution in [0.25, 0.3) is 0 Å². The SMILES string of the molecule is CCOC(=O)C(C(=O)c1ccccc1C)C(C)C. The standard InChI is InChI=1S/C15H20O3/c1-5-18-15(17)13(10(2)3)14(16)12-9-7-6-8-11(12)4/h6-10,13H,5H2,1-4H3. The lowest BCUT2D eigenvalue weighted by Crippen LogP contribution is -2.31. The van der Waals surface area contributed by atoms with Gasteiger partial charge in [-0.15, -0.1) is 0 Å². The van der Waals surface area contributed by atoms with Gasteiger partial charge in [-0.1, -0.05) is 38.1 Å². The van der Waals surface area contributed by atoms with Crippen LogP contribution < -0.4 is 0 Å². The van der Waals surface area contributed by atoms with Crippen molar-refractivity contribution in [2.75, 3.05) is 6.61 Å². The first kappa shape index (κ1) is 14.4. The first-order valence-electron chi connectivity index (χ1n) is 6.25. The number of carbonyl (C=O) groups excluding carboxylic acids is 2. The van der Waals surface area contributed by atoms with Gasteiger partial charge < -0.3 is 4.74 Å². The van der Waals surface area contributed by atoms with Crippen LogP contribution in [0.2, 0.25) is 0 Å². The normalized spacial score (nSPS) is 12.3. The maximum Gasteiger partial charge on any atom is 0.317 e. The number of carbonyl (C=O) groups is 2. The summed E-state index contributed by atoms with van der Waals surface area (Å²) >= 11 is 0. The highest BCUT2D eigenvalue weighted by Gasteiger charge is 2.32. The van der Waals surface area contributed by atoms with Crippen molar-refractivity contribution in [3.05, 3.63) is 35.4 Å². The van der Waals surface area contributed by atoms with E-state index in [4.69, 9.17) is 4.74 Å². The van der Waals surface area contributed by atoms with Crippen molar-refractivity contribution in [2.45, 2.75) is 27.7 Å². The number of hydrogen-bond donors (Lipinski definition) is 0. The third-order valence-electron chi connectivity index (χ3n) is 2.90. The zero-order valence-corrected chi connectivity index (χ0v) is 11.4. The van der Waals surface area contributed by atoms with Gasteiger partial charge in [-0.05, 0) is 25.3 Å². The molecular formula is C15H20O3. The maximum atomic E-state index is 12.4. The van der Waals surface area contributed by atoms with Gasteiger partial charge in [0.25, 0.3) is 0 Å². The molecule has 0 aliphatic rings. The van der Waals surface area contributed by atoms with E-state index in [1.807, 2.05) is 39.0 Å². The Hall–Kier alpha value is -1.64. The molecule has 0 N–H and O–H groups in total. The molecule has 0 heterocycles. The lowest BCUT2D eigenvalue weighted by molar-refractivity contribution is -0.147. The van der Waals surface area contributed by atoms with Crippen LogP contribution in [0.4, 0.5) is 0 Å². The smallest absolute Gasteiger partial charge is 0.317 e. The molecule has 1 unspecified atom stereocenters. The average molecular weight is 248 g/mol. The molecule has 0 aliphatic carbocycles. The fourth-order valence-corrected chi connectivity index (χ4v) is 1.93. The van der Waals surface area contributed by atoms with Gasteiger partial charge >= 0.3 is 5.97 Å². The van der Waals surface area contributed by atoms with E-state index in [1.165, 1.54) is 0 Å². The zero-order chi connectivity index (χ0) is 13.7. The minimum atomic E-state index is -0.717. The van der Waals surface area contributed by atoms with Crippen molar-refractivity contribution in [2.24, 2.45) is 11.8 Å². The summed E-state index contributed by atoms with van der Waals surface area (Å²) in [7, 11) is 0. The molecule has 1 atom stereocenters. The molecule has 0 radical (unpaired) electrons. The molecule has 3 heteroatoms. The molecule has 0 fully saturated rings. The van der Waals surface area contributed by atoms with Gasteiger partial charge in [-0.3, -0.25) is 9.59 Å². The number of benzene rings is 1. The van der Waals surface area contributed by atoms with Crippen LogP contribution in [0.1, 0.15) is 36.7 Å². The number of aryl methyl sites for hydroxylation is 1. The lowest BCUT2D eigenvalue weighted by atomic mass is 9.86. The molecule has 1 rings (SSSR count). The molecule has 0 bridgehead atoms. The lowest BCUT2D eigenvalue weighted by Gasteiger charge is -2.18. The summed E-state index contributed by atoms with van der Waals surface area (Å²) in [6, 6.07) is 7.31. The number of rotatable bonds is 5. The van der Waals surface area contributed by atoms with E-state index in [0.717, 1.165) is 5.56 Å². The minimum Gasteiger partial charge on any atom is -0.465 e. The molecule has 1 aromatic carbocycles. The highest BCUT2D eigenvalue weighted by atomic mass is 16.5. The number of hydrogen-bond acceptors (Lipinski definition) is 3.